The second-order valence-corrected chi connectivity index (χ2v) is 9.84. The van der Waals surface area contributed by atoms with Crippen LogP contribution in [0.25, 0.3) is 11.3 Å². The molecule has 2 aliphatic rings. The fourth-order valence-corrected chi connectivity index (χ4v) is 5.23. The molecule has 3 atom stereocenters. The van der Waals surface area contributed by atoms with Crippen molar-refractivity contribution in [1.82, 2.24) is 15.0 Å². The summed E-state index contributed by atoms with van der Waals surface area (Å²) in [6, 6.07) is 7.96. The number of carbonyl (C=O) groups is 1. The maximum absolute atomic E-state index is 11.7. The average Bonchev–Trinajstić information content (AvgIpc) is 3.69. The van der Waals surface area contributed by atoms with Crippen LogP contribution in [0.2, 0.25) is 5.02 Å². The first-order valence-corrected chi connectivity index (χ1v) is 12.3. The van der Waals surface area contributed by atoms with Gasteiger partial charge in [0.25, 0.3) is 0 Å². The number of aromatic nitrogens is 3. The lowest BCUT2D eigenvalue weighted by molar-refractivity contribution is -0.142. The van der Waals surface area contributed by atoms with Crippen molar-refractivity contribution in [3.05, 3.63) is 64.2 Å². The maximum Gasteiger partial charge on any atom is 0.306 e. The first-order valence-electron chi connectivity index (χ1n) is 11.9. The largest absolute Gasteiger partial charge is 0.484 e. The van der Waals surface area contributed by atoms with E-state index < -0.39 is 11.9 Å². The van der Waals surface area contributed by atoms with Gasteiger partial charge in [-0.3, -0.25) is 9.78 Å². The SMILES string of the molecule is COc1cc(-c2cnc(C3CCc4ccc(C(C5CC5)C(C)C(=O)O)cc4O3)c(C)n2)c(Cl)cn1. The number of methoxy groups -OCH3 is 1. The van der Waals surface area contributed by atoms with Gasteiger partial charge in [0.1, 0.15) is 17.5 Å². The van der Waals surface area contributed by atoms with E-state index in [0.717, 1.165) is 53.9 Å². The Bertz CT molecular complexity index is 1280. The van der Waals surface area contributed by atoms with E-state index in [0.29, 0.717) is 28.1 Å². The van der Waals surface area contributed by atoms with Crippen LogP contribution >= 0.6 is 11.6 Å². The maximum atomic E-state index is 11.7. The monoisotopic (exact) mass is 493 g/mol. The lowest BCUT2D eigenvalue weighted by atomic mass is 9.82. The fourth-order valence-electron chi connectivity index (χ4n) is 5.03. The summed E-state index contributed by atoms with van der Waals surface area (Å²) in [4.78, 5) is 25.3. The van der Waals surface area contributed by atoms with E-state index in [4.69, 9.17) is 31.0 Å². The summed E-state index contributed by atoms with van der Waals surface area (Å²) in [5.74, 6) is 0.518. The van der Waals surface area contributed by atoms with Gasteiger partial charge in [-0.1, -0.05) is 30.7 Å². The number of fused-ring (bicyclic) bond motifs is 1. The number of carboxylic acids is 1. The molecule has 5 rings (SSSR count). The fraction of sp³-hybridized carbons (Fsp3) is 0.407. The molecule has 1 N–H and O–H groups in total. The summed E-state index contributed by atoms with van der Waals surface area (Å²) in [5, 5.41) is 10.1. The summed E-state index contributed by atoms with van der Waals surface area (Å²) < 4.78 is 11.6. The van der Waals surface area contributed by atoms with Gasteiger partial charge in [0, 0.05) is 11.6 Å². The molecule has 1 aliphatic heterocycles. The van der Waals surface area contributed by atoms with Crippen molar-refractivity contribution in [2.45, 2.75) is 51.6 Å². The van der Waals surface area contributed by atoms with Crippen LogP contribution in [0.15, 0.2) is 36.7 Å². The van der Waals surface area contributed by atoms with E-state index in [9.17, 15) is 9.90 Å². The van der Waals surface area contributed by atoms with E-state index in [1.165, 1.54) is 0 Å². The lowest BCUT2D eigenvalue weighted by Gasteiger charge is -2.28. The van der Waals surface area contributed by atoms with Crippen LogP contribution in [-0.4, -0.2) is 33.1 Å². The van der Waals surface area contributed by atoms with E-state index in [2.05, 4.69) is 17.1 Å². The number of nitrogens with zero attached hydrogens (tertiary/aromatic N) is 3. The van der Waals surface area contributed by atoms with Crippen molar-refractivity contribution in [3.63, 3.8) is 0 Å². The number of carboxylic acid groups (broad SMARTS) is 1. The molecule has 0 bridgehead atoms. The Balaban J connectivity index is 1.41. The summed E-state index contributed by atoms with van der Waals surface area (Å²) >= 11 is 6.35. The van der Waals surface area contributed by atoms with Gasteiger partial charge >= 0.3 is 5.97 Å². The molecule has 3 unspecified atom stereocenters. The van der Waals surface area contributed by atoms with E-state index in [1.54, 1.807) is 32.5 Å². The Morgan fingerprint density at radius 1 is 1.20 bits per heavy atom. The number of hydrogen-bond acceptors (Lipinski definition) is 6. The van der Waals surface area contributed by atoms with Crippen molar-refractivity contribution in [3.8, 4) is 22.9 Å². The number of rotatable bonds is 7. The minimum Gasteiger partial charge on any atom is -0.484 e. The first kappa shape index (κ1) is 23.5. The highest BCUT2D eigenvalue weighted by atomic mass is 35.5. The van der Waals surface area contributed by atoms with Crippen molar-refractivity contribution < 1.29 is 19.4 Å². The van der Waals surface area contributed by atoms with E-state index in [-0.39, 0.29) is 12.0 Å². The van der Waals surface area contributed by atoms with Crippen molar-refractivity contribution in [2.24, 2.45) is 11.8 Å². The minimum absolute atomic E-state index is 0.00434. The van der Waals surface area contributed by atoms with Gasteiger partial charge in [-0.2, -0.15) is 0 Å². The molecule has 8 heteroatoms. The number of benzene rings is 1. The smallest absolute Gasteiger partial charge is 0.306 e. The summed E-state index contributed by atoms with van der Waals surface area (Å²) in [7, 11) is 1.55. The molecule has 7 nitrogen and oxygen atoms in total. The Morgan fingerprint density at radius 2 is 2.00 bits per heavy atom. The highest BCUT2D eigenvalue weighted by Crippen LogP contribution is 2.48. The topological polar surface area (TPSA) is 94.4 Å². The van der Waals surface area contributed by atoms with Crippen LogP contribution in [0.4, 0.5) is 0 Å². The predicted octanol–water partition coefficient (Wildman–Crippen LogP) is 5.79. The number of hydrogen-bond donors (Lipinski definition) is 1. The lowest BCUT2D eigenvalue weighted by Crippen LogP contribution is -2.22. The third-order valence-electron chi connectivity index (χ3n) is 7.08. The van der Waals surface area contributed by atoms with Crippen LogP contribution < -0.4 is 9.47 Å². The second kappa shape index (κ2) is 9.46. The number of ether oxygens (including phenoxy) is 2. The van der Waals surface area contributed by atoms with Crippen molar-refractivity contribution >= 4 is 17.6 Å². The second-order valence-electron chi connectivity index (χ2n) is 9.43. The summed E-state index contributed by atoms with van der Waals surface area (Å²) in [6.07, 6.45) is 6.84. The van der Waals surface area contributed by atoms with Gasteiger partial charge in [0.15, 0.2) is 0 Å². The van der Waals surface area contributed by atoms with E-state index >= 15 is 0 Å². The molecule has 3 aromatic rings. The van der Waals surface area contributed by atoms with Crippen LogP contribution in [-0.2, 0) is 11.2 Å². The van der Waals surface area contributed by atoms with Crippen LogP contribution in [0, 0.1) is 18.8 Å². The first-order chi connectivity index (χ1) is 16.9. The molecule has 35 heavy (non-hydrogen) atoms. The normalized spacial score (nSPS) is 18.8. The van der Waals surface area contributed by atoms with Crippen LogP contribution in [0.1, 0.15) is 60.7 Å². The molecule has 0 amide bonds. The Morgan fingerprint density at radius 3 is 2.69 bits per heavy atom. The Hall–Kier alpha value is -3.19. The molecule has 182 valence electrons. The molecular formula is C27H28ClN3O4. The zero-order chi connectivity index (χ0) is 24.7. The van der Waals surface area contributed by atoms with E-state index in [1.807, 2.05) is 13.0 Å². The third-order valence-corrected chi connectivity index (χ3v) is 7.39. The predicted molar refractivity (Wildman–Crippen MR) is 132 cm³/mol. The molecular weight excluding hydrogens is 466 g/mol. The quantitative estimate of drug-likeness (QED) is 0.445. The molecule has 0 radical (unpaired) electrons. The van der Waals surface area contributed by atoms with Gasteiger partial charge in [-0.15, -0.1) is 0 Å². The van der Waals surface area contributed by atoms with Gasteiger partial charge in [0.2, 0.25) is 5.88 Å². The Labute approximate surface area is 209 Å². The van der Waals surface area contributed by atoms with Crippen LogP contribution in [0.3, 0.4) is 0 Å². The standard InChI is InChI=1S/C27H28ClN3O4/c1-14(27(32)33)25(17-5-6-17)18-7-4-16-8-9-22(35-23(16)10-18)26-15(2)31-21(13-30-26)19-11-24(34-3)29-12-20(19)28/h4,7,10-14,17,22,25H,5-6,8-9H2,1-3H3,(H,32,33). The number of halogens is 1. The molecule has 1 saturated carbocycles. The number of pyridine rings is 1. The van der Waals surface area contributed by atoms with Gasteiger partial charge in [0.05, 0.1) is 41.8 Å². The van der Waals surface area contributed by atoms with Gasteiger partial charge in [-0.25, -0.2) is 9.97 Å². The Kier molecular flexibility index (Phi) is 6.36. The molecule has 2 aromatic heterocycles. The van der Waals surface area contributed by atoms with Crippen LogP contribution in [0.5, 0.6) is 11.6 Å². The highest BCUT2D eigenvalue weighted by molar-refractivity contribution is 6.33. The van der Waals surface area contributed by atoms with Gasteiger partial charge in [-0.05, 0) is 61.6 Å². The molecule has 0 saturated heterocycles. The van der Waals surface area contributed by atoms with Crippen molar-refractivity contribution in [2.75, 3.05) is 7.11 Å². The zero-order valence-corrected chi connectivity index (χ0v) is 20.7. The average molecular weight is 494 g/mol. The summed E-state index contributed by atoms with van der Waals surface area (Å²) in [5.41, 5.74) is 5.10. The number of aliphatic carboxylic acids is 1. The minimum atomic E-state index is -0.753. The summed E-state index contributed by atoms with van der Waals surface area (Å²) in [6.45, 7) is 3.73. The third kappa shape index (κ3) is 4.69. The molecule has 1 fully saturated rings. The van der Waals surface area contributed by atoms with Crippen molar-refractivity contribution in [1.29, 1.82) is 0 Å². The molecule has 0 spiro atoms. The zero-order valence-electron chi connectivity index (χ0n) is 20.0. The molecule has 1 aliphatic carbocycles. The molecule has 1 aromatic carbocycles. The molecule has 3 heterocycles. The van der Waals surface area contributed by atoms with Gasteiger partial charge < -0.3 is 14.6 Å². The number of aryl methyl sites for hydroxylation is 2. The highest BCUT2D eigenvalue weighted by Gasteiger charge is 2.39.